The Balaban J connectivity index is 1.11. The van der Waals surface area contributed by atoms with Gasteiger partial charge in [0.1, 0.15) is 11.5 Å². The molecule has 0 spiro atoms. The number of amides is 2. The predicted octanol–water partition coefficient (Wildman–Crippen LogP) is 4.61. The molecule has 2 aliphatic heterocycles. The zero-order valence-corrected chi connectivity index (χ0v) is 19.5. The first-order valence-electron chi connectivity index (χ1n) is 12.1. The predicted molar refractivity (Wildman–Crippen MR) is 129 cm³/mol. The van der Waals surface area contributed by atoms with Crippen molar-refractivity contribution in [1.29, 1.82) is 0 Å². The maximum absolute atomic E-state index is 12.6. The summed E-state index contributed by atoms with van der Waals surface area (Å²) in [6.07, 6.45) is 6.92. The van der Waals surface area contributed by atoms with Crippen LogP contribution in [-0.2, 0) is 22.4 Å². The summed E-state index contributed by atoms with van der Waals surface area (Å²) < 4.78 is 11.1. The third-order valence-electron chi connectivity index (χ3n) is 6.74. The number of anilines is 1. The number of benzene rings is 2. The van der Waals surface area contributed by atoms with Gasteiger partial charge < -0.3 is 19.7 Å². The first-order valence-corrected chi connectivity index (χ1v) is 12.1. The molecule has 1 fully saturated rings. The van der Waals surface area contributed by atoms with E-state index >= 15 is 0 Å². The van der Waals surface area contributed by atoms with Crippen molar-refractivity contribution in [2.24, 2.45) is 5.92 Å². The Morgan fingerprint density at radius 1 is 1.06 bits per heavy atom. The number of fused-ring (bicyclic) bond motifs is 1. The van der Waals surface area contributed by atoms with Gasteiger partial charge in [-0.2, -0.15) is 0 Å². The number of rotatable bonds is 9. The van der Waals surface area contributed by atoms with Crippen LogP contribution in [0.4, 0.5) is 5.69 Å². The molecule has 6 nitrogen and oxygen atoms in total. The molecule has 4 rings (SSSR count). The van der Waals surface area contributed by atoms with Crippen molar-refractivity contribution in [2.75, 3.05) is 32.1 Å². The molecular formula is C27H34N2O4. The molecule has 2 aliphatic rings. The van der Waals surface area contributed by atoms with Crippen molar-refractivity contribution in [1.82, 2.24) is 4.90 Å². The van der Waals surface area contributed by atoms with Gasteiger partial charge in [0.15, 0.2) is 0 Å². The highest BCUT2D eigenvalue weighted by atomic mass is 16.5. The molecule has 0 unspecified atom stereocenters. The fourth-order valence-electron chi connectivity index (χ4n) is 4.66. The number of likely N-dealkylation sites (tertiary alicyclic amines) is 1. The van der Waals surface area contributed by atoms with Gasteiger partial charge in [-0.15, -0.1) is 0 Å². The Morgan fingerprint density at radius 2 is 1.82 bits per heavy atom. The number of hydrogen-bond acceptors (Lipinski definition) is 4. The summed E-state index contributed by atoms with van der Waals surface area (Å²) in [7, 11) is 1.69. The zero-order valence-electron chi connectivity index (χ0n) is 19.5. The van der Waals surface area contributed by atoms with Crippen LogP contribution in [0.5, 0.6) is 11.5 Å². The van der Waals surface area contributed by atoms with E-state index in [9.17, 15) is 9.59 Å². The van der Waals surface area contributed by atoms with Crippen molar-refractivity contribution in [3.8, 4) is 11.5 Å². The van der Waals surface area contributed by atoms with Crippen molar-refractivity contribution < 1.29 is 19.1 Å². The highest BCUT2D eigenvalue weighted by Crippen LogP contribution is 2.27. The lowest BCUT2D eigenvalue weighted by Crippen LogP contribution is -2.38. The Kier molecular flexibility index (Phi) is 7.87. The van der Waals surface area contributed by atoms with Crippen molar-refractivity contribution in [3.63, 3.8) is 0 Å². The Bertz CT molecular complexity index is 949. The van der Waals surface area contributed by atoms with E-state index in [0.717, 1.165) is 61.5 Å². The molecule has 0 atom stereocenters. The summed E-state index contributed by atoms with van der Waals surface area (Å²) in [4.78, 5) is 26.1. The van der Waals surface area contributed by atoms with E-state index in [4.69, 9.17) is 9.47 Å². The van der Waals surface area contributed by atoms with Crippen LogP contribution in [0, 0.1) is 5.92 Å². The van der Waals surface area contributed by atoms with E-state index in [1.807, 2.05) is 35.2 Å². The summed E-state index contributed by atoms with van der Waals surface area (Å²) in [5, 5.41) is 2.88. The molecule has 0 bridgehead atoms. The Labute approximate surface area is 196 Å². The number of methoxy groups -OCH3 is 1. The molecule has 176 valence electrons. The number of aryl methyl sites for hydroxylation is 2. The third kappa shape index (κ3) is 6.50. The lowest BCUT2D eigenvalue weighted by Gasteiger charge is -2.32. The molecule has 2 heterocycles. The lowest BCUT2D eigenvalue weighted by atomic mass is 9.90. The van der Waals surface area contributed by atoms with Crippen LogP contribution >= 0.6 is 0 Å². The third-order valence-corrected chi connectivity index (χ3v) is 6.74. The number of nitrogens with zero attached hydrogens (tertiary/aromatic N) is 1. The number of hydrogen-bond donors (Lipinski definition) is 1. The van der Waals surface area contributed by atoms with Crippen LogP contribution in [0.3, 0.4) is 0 Å². The second-order valence-electron chi connectivity index (χ2n) is 9.03. The minimum Gasteiger partial charge on any atom is -0.497 e. The summed E-state index contributed by atoms with van der Waals surface area (Å²) in [5.74, 6) is 2.69. The van der Waals surface area contributed by atoms with E-state index in [0.29, 0.717) is 31.8 Å². The number of ether oxygens (including phenoxy) is 2. The first-order chi connectivity index (χ1) is 16.1. The van der Waals surface area contributed by atoms with E-state index in [1.54, 1.807) is 7.11 Å². The minimum absolute atomic E-state index is 0.0657. The van der Waals surface area contributed by atoms with E-state index in [-0.39, 0.29) is 11.8 Å². The Morgan fingerprint density at radius 3 is 2.58 bits per heavy atom. The van der Waals surface area contributed by atoms with Crippen LogP contribution in [0.25, 0.3) is 0 Å². The fourth-order valence-corrected chi connectivity index (χ4v) is 4.66. The van der Waals surface area contributed by atoms with Crippen molar-refractivity contribution >= 4 is 17.5 Å². The summed E-state index contributed by atoms with van der Waals surface area (Å²) in [5.41, 5.74) is 3.33. The monoisotopic (exact) mass is 450 g/mol. The van der Waals surface area contributed by atoms with Crippen molar-refractivity contribution in [3.05, 3.63) is 53.6 Å². The molecule has 0 radical (unpaired) electrons. The molecule has 6 heteroatoms. The topological polar surface area (TPSA) is 67.9 Å². The average Bonchev–Trinajstić information content (AvgIpc) is 2.86. The summed E-state index contributed by atoms with van der Waals surface area (Å²) in [6, 6.07) is 14.1. The smallest absolute Gasteiger partial charge is 0.224 e. The number of carbonyl (C=O) groups excluding carboxylic acids is 2. The van der Waals surface area contributed by atoms with Crippen LogP contribution < -0.4 is 14.8 Å². The summed E-state index contributed by atoms with van der Waals surface area (Å²) >= 11 is 0. The molecule has 0 aliphatic carbocycles. The van der Waals surface area contributed by atoms with Gasteiger partial charge in [0.05, 0.1) is 13.7 Å². The van der Waals surface area contributed by atoms with Gasteiger partial charge in [0.2, 0.25) is 11.8 Å². The van der Waals surface area contributed by atoms with E-state index in [1.165, 1.54) is 12.0 Å². The molecule has 1 N–H and O–H groups in total. The number of piperidine rings is 1. The molecule has 2 aromatic rings. The minimum atomic E-state index is 0.0657. The van der Waals surface area contributed by atoms with Gasteiger partial charge in [-0.3, -0.25) is 9.59 Å². The van der Waals surface area contributed by atoms with Crippen LogP contribution in [-0.4, -0.2) is 43.5 Å². The van der Waals surface area contributed by atoms with Crippen molar-refractivity contribution in [2.45, 2.75) is 51.4 Å². The fraction of sp³-hybridized carbons (Fsp3) is 0.481. The normalized spacial score (nSPS) is 16.2. The second-order valence-corrected chi connectivity index (χ2v) is 9.03. The van der Waals surface area contributed by atoms with Gasteiger partial charge in [-0.1, -0.05) is 12.1 Å². The molecule has 1 saturated heterocycles. The van der Waals surface area contributed by atoms with Gasteiger partial charge in [0, 0.05) is 31.6 Å². The van der Waals surface area contributed by atoms with Gasteiger partial charge in [-0.05, 0) is 85.9 Å². The van der Waals surface area contributed by atoms with E-state index in [2.05, 4.69) is 17.4 Å². The summed E-state index contributed by atoms with van der Waals surface area (Å²) in [6.45, 7) is 2.25. The second kappa shape index (κ2) is 11.2. The molecule has 2 amide bonds. The average molecular weight is 451 g/mol. The molecule has 33 heavy (non-hydrogen) atoms. The maximum Gasteiger partial charge on any atom is 0.224 e. The SMILES string of the molecule is COc1ccc(CCC2CCN(C(=O)CCCOc3ccc4c(c3)CCC(=O)N4)CC2)cc1. The highest BCUT2D eigenvalue weighted by molar-refractivity contribution is 5.94. The maximum atomic E-state index is 12.6. The van der Waals surface area contributed by atoms with Crippen LogP contribution in [0.15, 0.2) is 42.5 Å². The van der Waals surface area contributed by atoms with Gasteiger partial charge in [0.25, 0.3) is 0 Å². The molecule has 0 saturated carbocycles. The molecule has 2 aromatic carbocycles. The number of nitrogens with one attached hydrogen (secondary N) is 1. The number of carbonyl (C=O) groups is 2. The molecular weight excluding hydrogens is 416 g/mol. The zero-order chi connectivity index (χ0) is 23.0. The van der Waals surface area contributed by atoms with Crippen LogP contribution in [0.2, 0.25) is 0 Å². The lowest BCUT2D eigenvalue weighted by molar-refractivity contribution is -0.132. The first kappa shape index (κ1) is 23.1. The quantitative estimate of drug-likeness (QED) is 0.567. The Hall–Kier alpha value is -3.02. The van der Waals surface area contributed by atoms with Gasteiger partial charge >= 0.3 is 0 Å². The van der Waals surface area contributed by atoms with Crippen LogP contribution in [0.1, 0.15) is 49.7 Å². The van der Waals surface area contributed by atoms with E-state index < -0.39 is 0 Å². The largest absolute Gasteiger partial charge is 0.497 e. The molecule has 0 aromatic heterocycles. The standard InChI is InChI=1S/C27H34N2O4/c1-32-23-9-6-20(7-10-23)4-5-21-14-16-29(17-15-21)27(31)3-2-18-33-24-11-12-25-22(19-24)8-13-26(30)28-25/h6-7,9-12,19,21H,2-5,8,13-18H2,1H3,(H,28,30). The highest BCUT2D eigenvalue weighted by Gasteiger charge is 2.22. The van der Waals surface area contributed by atoms with Gasteiger partial charge in [-0.25, -0.2) is 0 Å².